The molecule has 2 fully saturated rings. The summed E-state index contributed by atoms with van der Waals surface area (Å²) in [7, 11) is 1.62. The number of carboxylic acid groups (broad SMARTS) is 1. The molecule has 0 amide bonds. The number of carboxylic acids is 1. The van der Waals surface area contributed by atoms with Crippen molar-refractivity contribution in [3.05, 3.63) is 50.4 Å². The molecule has 7 nitrogen and oxygen atoms in total. The molecule has 1 saturated heterocycles. The number of aromatic carboxylic acids is 1. The van der Waals surface area contributed by atoms with Gasteiger partial charge in [-0.25, -0.2) is 22.9 Å². The van der Waals surface area contributed by atoms with Crippen LogP contribution in [0.25, 0.3) is 10.2 Å². The Kier molecular flexibility index (Phi) is 4.98. The van der Waals surface area contributed by atoms with Crippen LogP contribution in [0.15, 0.2) is 23.0 Å². The van der Waals surface area contributed by atoms with Gasteiger partial charge in [-0.15, -0.1) is 11.3 Å². The van der Waals surface area contributed by atoms with Crippen LogP contribution in [0.2, 0.25) is 0 Å². The maximum Gasteiger partial charge on any atom is 0.337 e. The van der Waals surface area contributed by atoms with Crippen molar-refractivity contribution in [1.82, 2.24) is 9.55 Å². The highest BCUT2D eigenvalue weighted by molar-refractivity contribution is 7.19. The predicted octanol–water partition coefficient (Wildman–Crippen LogP) is 4.55. The number of thiophene rings is 1. The van der Waals surface area contributed by atoms with E-state index in [-0.39, 0.29) is 29.7 Å². The molecule has 2 aliphatic rings. The zero-order valence-electron chi connectivity index (χ0n) is 18.8. The van der Waals surface area contributed by atoms with E-state index in [1.165, 1.54) is 28.0 Å². The van der Waals surface area contributed by atoms with Crippen LogP contribution in [-0.4, -0.2) is 39.6 Å². The highest BCUT2D eigenvalue weighted by atomic mass is 32.1. The monoisotopic (exact) mass is 492 g/mol. The number of aryl methyl sites for hydroxylation is 1. The van der Waals surface area contributed by atoms with Gasteiger partial charge in [0.1, 0.15) is 10.5 Å². The molecular formula is C23H23F3N4O3S. The minimum atomic E-state index is -2.61. The van der Waals surface area contributed by atoms with E-state index in [4.69, 9.17) is 4.98 Å². The van der Waals surface area contributed by atoms with Gasteiger partial charge in [-0.1, -0.05) is 0 Å². The summed E-state index contributed by atoms with van der Waals surface area (Å²) >= 11 is 1.30. The lowest BCUT2D eigenvalue weighted by molar-refractivity contribution is -0.170. The molecule has 0 bridgehead atoms. The van der Waals surface area contributed by atoms with Crippen LogP contribution in [0.1, 0.15) is 46.6 Å². The number of hydrogen-bond acceptors (Lipinski definition) is 6. The van der Waals surface area contributed by atoms with E-state index in [0.29, 0.717) is 29.3 Å². The third-order valence-electron chi connectivity index (χ3n) is 6.74. The van der Waals surface area contributed by atoms with Crippen molar-refractivity contribution in [3.63, 3.8) is 0 Å². The number of anilines is 2. The van der Waals surface area contributed by atoms with Crippen LogP contribution in [0.4, 0.5) is 24.8 Å². The van der Waals surface area contributed by atoms with Crippen molar-refractivity contribution in [3.8, 4) is 0 Å². The van der Waals surface area contributed by atoms with Gasteiger partial charge in [-0.05, 0) is 32.0 Å². The number of halogens is 3. The normalized spacial score (nSPS) is 19.1. The first kappa shape index (κ1) is 22.7. The molecular weight excluding hydrogens is 469 g/mol. The zero-order valence-corrected chi connectivity index (χ0v) is 19.6. The van der Waals surface area contributed by atoms with E-state index in [9.17, 15) is 27.9 Å². The maximum absolute atomic E-state index is 13.6. The summed E-state index contributed by atoms with van der Waals surface area (Å²) in [6, 6.07) is 3.06. The summed E-state index contributed by atoms with van der Waals surface area (Å²) in [6.07, 6.45) is -0.278. The van der Waals surface area contributed by atoms with Gasteiger partial charge in [-0.3, -0.25) is 9.36 Å². The molecule has 34 heavy (non-hydrogen) atoms. The van der Waals surface area contributed by atoms with E-state index in [1.54, 1.807) is 7.05 Å². The van der Waals surface area contributed by atoms with E-state index in [1.807, 2.05) is 18.7 Å². The number of benzene rings is 1. The quantitative estimate of drug-likeness (QED) is 0.544. The number of alkyl halides is 2. The van der Waals surface area contributed by atoms with Gasteiger partial charge < -0.3 is 15.3 Å². The van der Waals surface area contributed by atoms with Crippen LogP contribution in [0.3, 0.4) is 0 Å². The van der Waals surface area contributed by atoms with Gasteiger partial charge in [0.2, 0.25) is 11.9 Å². The molecule has 2 aromatic heterocycles. The molecule has 1 spiro atoms. The topological polar surface area (TPSA) is 87.5 Å². The Balaban J connectivity index is 1.50. The first-order chi connectivity index (χ1) is 15.9. The molecule has 0 radical (unpaired) electrons. The van der Waals surface area contributed by atoms with Crippen LogP contribution in [0.5, 0.6) is 0 Å². The molecule has 11 heteroatoms. The minimum absolute atomic E-state index is 0.139. The van der Waals surface area contributed by atoms with Crippen molar-refractivity contribution in [2.75, 3.05) is 23.3 Å². The first-order valence-corrected chi connectivity index (χ1v) is 11.6. The second-order valence-electron chi connectivity index (χ2n) is 9.45. The largest absolute Gasteiger partial charge is 0.478 e. The molecule has 1 aliphatic carbocycles. The number of nitrogens with one attached hydrogen (secondary N) is 1. The number of aromatic nitrogens is 2. The summed E-state index contributed by atoms with van der Waals surface area (Å²) in [5.74, 6) is -4.09. The Morgan fingerprint density at radius 3 is 2.59 bits per heavy atom. The van der Waals surface area contributed by atoms with Crippen molar-refractivity contribution in [1.29, 1.82) is 0 Å². The van der Waals surface area contributed by atoms with Crippen LogP contribution in [0, 0.1) is 18.2 Å². The molecule has 1 aliphatic heterocycles. The molecule has 180 valence electrons. The Morgan fingerprint density at radius 2 is 1.97 bits per heavy atom. The average Bonchev–Trinajstić information content (AvgIpc) is 3.04. The highest BCUT2D eigenvalue weighted by Gasteiger charge is 2.62. The van der Waals surface area contributed by atoms with E-state index >= 15 is 0 Å². The molecule has 5 rings (SSSR count). The maximum atomic E-state index is 13.6. The Labute approximate surface area is 196 Å². The van der Waals surface area contributed by atoms with E-state index in [0.717, 1.165) is 16.5 Å². The smallest absolute Gasteiger partial charge is 0.337 e. The van der Waals surface area contributed by atoms with Crippen LogP contribution < -0.4 is 15.8 Å². The van der Waals surface area contributed by atoms with Crippen molar-refractivity contribution >= 4 is 39.2 Å². The Bertz CT molecular complexity index is 1380. The standard InChI is InChI=1S/C23H23F3N4O3S/c1-11(27-15-5-4-13(24)6-14(15)20(32)33)16-12(2)34-18-17(16)28-21(29(3)19(18)31)30-9-22(10-30)7-23(25,26)8-22/h4-6,11,27H,7-10H2,1-3H3,(H,32,33). The van der Waals surface area contributed by atoms with Gasteiger partial charge in [0.25, 0.3) is 5.56 Å². The van der Waals surface area contributed by atoms with Crippen molar-refractivity contribution in [2.45, 2.75) is 38.7 Å². The molecule has 1 saturated carbocycles. The average molecular weight is 493 g/mol. The fourth-order valence-corrected chi connectivity index (χ4v) is 6.48. The number of rotatable bonds is 5. The second kappa shape index (κ2) is 7.46. The Hall–Kier alpha value is -3.08. The lowest BCUT2D eigenvalue weighted by Crippen LogP contribution is -2.66. The fourth-order valence-electron chi connectivity index (χ4n) is 5.31. The van der Waals surface area contributed by atoms with Crippen molar-refractivity contribution in [2.24, 2.45) is 12.5 Å². The summed E-state index contributed by atoms with van der Waals surface area (Å²) in [4.78, 5) is 32.2. The third-order valence-corrected chi connectivity index (χ3v) is 7.83. The van der Waals surface area contributed by atoms with Gasteiger partial charge in [-0.2, -0.15) is 0 Å². The molecule has 1 atom stereocenters. The summed E-state index contributed by atoms with van der Waals surface area (Å²) in [5, 5.41) is 12.6. The SMILES string of the molecule is Cc1sc2c(=O)n(C)c(N3CC4(C3)CC(F)(F)C4)nc2c1C(C)Nc1ccc(F)cc1C(=O)O. The number of nitrogens with zero attached hydrogens (tertiary/aromatic N) is 3. The molecule has 2 N–H and O–H groups in total. The molecule has 3 aromatic rings. The van der Waals surface area contributed by atoms with Crippen LogP contribution >= 0.6 is 11.3 Å². The van der Waals surface area contributed by atoms with Crippen molar-refractivity contribution < 1.29 is 23.1 Å². The summed E-state index contributed by atoms with van der Waals surface area (Å²) in [5.41, 5.74) is 0.661. The lowest BCUT2D eigenvalue weighted by atomic mass is 9.61. The van der Waals surface area contributed by atoms with E-state index < -0.39 is 29.2 Å². The number of hydrogen-bond donors (Lipinski definition) is 2. The first-order valence-electron chi connectivity index (χ1n) is 10.8. The van der Waals surface area contributed by atoms with E-state index in [2.05, 4.69) is 5.32 Å². The Morgan fingerprint density at radius 1 is 1.29 bits per heavy atom. The molecule has 1 unspecified atom stereocenters. The van der Waals surface area contributed by atoms with Crippen LogP contribution in [-0.2, 0) is 7.05 Å². The molecule has 3 heterocycles. The fraction of sp³-hybridized carbons (Fsp3) is 0.435. The number of fused-ring (bicyclic) bond motifs is 1. The third kappa shape index (κ3) is 3.53. The van der Waals surface area contributed by atoms with Gasteiger partial charge >= 0.3 is 5.97 Å². The highest BCUT2D eigenvalue weighted by Crippen LogP contribution is 2.57. The van der Waals surface area contributed by atoms with Gasteiger partial charge in [0.05, 0.1) is 17.1 Å². The second-order valence-corrected chi connectivity index (χ2v) is 10.7. The lowest BCUT2D eigenvalue weighted by Gasteiger charge is -2.58. The van der Waals surface area contributed by atoms with Gasteiger partial charge in [0, 0.05) is 54.5 Å². The predicted molar refractivity (Wildman–Crippen MR) is 124 cm³/mol. The number of carbonyl (C=O) groups is 1. The minimum Gasteiger partial charge on any atom is -0.478 e. The summed E-state index contributed by atoms with van der Waals surface area (Å²) in [6.45, 7) is 4.53. The zero-order chi connectivity index (χ0) is 24.6. The van der Waals surface area contributed by atoms with Gasteiger partial charge in [0.15, 0.2) is 0 Å². The molecule has 1 aromatic carbocycles. The summed E-state index contributed by atoms with van der Waals surface area (Å²) < 4.78 is 42.3.